The Bertz CT molecular complexity index is 976. The zero-order valence-corrected chi connectivity index (χ0v) is 15.7. The lowest BCUT2D eigenvalue weighted by Gasteiger charge is -2.15. The van der Waals surface area contributed by atoms with Crippen molar-refractivity contribution in [1.29, 1.82) is 0 Å². The molecule has 0 aliphatic heterocycles. The standard InChI is InChI=1S/C17H20N4O2S2/c1-20-12-13(11-19-20)8-9-21(2)25(22,23)17-7-6-16(24-17)14-4-3-5-15(18)10-14/h3-7,10-12H,8-9,18H2,1-2H3. The number of sulfonamides is 1. The van der Waals surface area contributed by atoms with E-state index in [0.29, 0.717) is 22.9 Å². The third-order valence-corrected chi connectivity index (χ3v) is 7.35. The van der Waals surface area contributed by atoms with Gasteiger partial charge in [0.05, 0.1) is 6.20 Å². The Hall–Kier alpha value is -2.16. The van der Waals surface area contributed by atoms with Crippen molar-refractivity contribution in [2.75, 3.05) is 19.3 Å². The second-order valence-corrected chi connectivity index (χ2v) is 9.20. The number of likely N-dealkylation sites (N-methyl/N-ethyl adjacent to an activating group) is 1. The van der Waals surface area contributed by atoms with E-state index in [9.17, 15) is 8.42 Å². The molecule has 0 spiro atoms. The molecule has 0 atom stereocenters. The highest BCUT2D eigenvalue weighted by Crippen LogP contribution is 2.32. The number of rotatable bonds is 6. The molecule has 132 valence electrons. The zero-order chi connectivity index (χ0) is 18.0. The molecule has 0 aliphatic rings. The van der Waals surface area contributed by atoms with Gasteiger partial charge < -0.3 is 5.73 Å². The van der Waals surface area contributed by atoms with Gasteiger partial charge >= 0.3 is 0 Å². The molecular formula is C17H20N4O2S2. The molecule has 1 aromatic carbocycles. The number of aromatic nitrogens is 2. The van der Waals surface area contributed by atoms with Gasteiger partial charge in [-0.2, -0.15) is 9.40 Å². The summed E-state index contributed by atoms with van der Waals surface area (Å²) < 4.78 is 28.9. The zero-order valence-electron chi connectivity index (χ0n) is 14.1. The normalized spacial score (nSPS) is 12.0. The Morgan fingerprint density at radius 2 is 2.08 bits per heavy atom. The van der Waals surface area contributed by atoms with Crippen LogP contribution in [0.2, 0.25) is 0 Å². The van der Waals surface area contributed by atoms with Gasteiger partial charge in [-0.25, -0.2) is 8.42 Å². The fourth-order valence-corrected chi connectivity index (χ4v) is 5.15. The van der Waals surface area contributed by atoms with Gasteiger partial charge in [-0.3, -0.25) is 4.68 Å². The van der Waals surface area contributed by atoms with Crippen LogP contribution in [-0.4, -0.2) is 36.1 Å². The monoisotopic (exact) mass is 376 g/mol. The van der Waals surface area contributed by atoms with E-state index in [2.05, 4.69) is 5.10 Å². The van der Waals surface area contributed by atoms with Crippen LogP contribution in [0.4, 0.5) is 5.69 Å². The molecule has 0 unspecified atom stereocenters. The van der Waals surface area contributed by atoms with Crippen molar-refractivity contribution in [1.82, 2.24) is 14.1 Å². The largest absolute Gasteiger partial charge is 0.399 e. The van der Waals surface area contributed by atoms with Gasteiger partial charge in [-0.1, -0.05) is 12.1 Å². The number of thiophene rings is 1. The maximum atomic E-state index is 12.8. The van der Waals surface area contributed by atoms with E-state index >= 15 is 0 Å². The van der Waals surface area contributed by atoms with Gasteiger partial charge in [0.2, 0.25) is 0 Å². The maximum Gasteiger partial charge on any atom is 0.252 e. The number of hydrogen-bond donors (Lipinski definition) is 1. The average Bonchev–Trinajstić information content (AvgIpc) is 3.22. The summed E-state index contributed by atoms with van der Waals surface area (Å²) in [5, 5.41) is 4.10. The van der Waals surface area contributed by atoms with E-state index in [1.807, 2.05) is 37.5 Å². The van der Waals surface area contributed by atoms with Gasteiger partial charge in [0.1, 0.15) is 4.21 Å². The van der Waals surface area contributed by atoms with Crippen molar-refractivity contribution in [3.05, 3.63) is 54.4 Å². The number of aryl methyl sites for hydroxylation is 1. The van der Waals surface area contributed by atoms with Crippen LogP contribution in [0, 0.1) is 0 Å². The van der Waals surface area contributed by atoms with Crippen molar-refractivity contribution in [3.63, 3.8) is 0 Å². The molecule has 2 aromatic heterocycles. The first kappa shape index (κ1) is 17.7. The predicted octanol–water partition coefficient (Wildman–Crippen LogP) is 2.59. The fourth-order valence-electron chi connectivity index (χ4n) is 2.47. The summed E-state index contributed by atoms with van der Waals surface area (Å²) in [6.07, 6.45) is 4.27. The maximum absolute atomic E-state index is 12.8. The first-order valence-electron chi connectivity index (χ1n) is 7.76. The van der Waals surface area contributed by atoms with Crippen molar-refractivity contribution in [2.45, 2.75) is 10.6 Å². The minimum atomic E-state index is -3.51. The molecule has 8 heteroatoms. The molecule has 0 radical (unpaired) electrons. The average molecular weight is 377 g/mol. The lowest BCUT2D eigenvalue weighted by molar-refractivity contribution is 0.474. The highest BCUT2D eigenvalue weighted by molar-refractivity contribution is 7.91. The number of nitrogens with zero attached hydrogens (tertiary/aromatic N) is 3. The number of nitrogens with two attached hydrogens (primary N) is 1. The number of hydrogen-bond acceptors (Lipinski definition) is 5. The van der Waals surface area contributed by atoms with Gasteiger partial charge in [0.25, 0.3) is 10.0 Å². The van der Waals surface area contributed by atoms with Gasteiger partial charge in [-0.15, -0.1) is 11.3 Å². The Balaban J connectivity index is 1.75. The second-order valence-electron chi connectivity index (χ2n) is 5.84. The van der Waals surface area contributed by atoms with Crippen molar-refractivity contribution in [3.8, 4) is 10.4 Å². The SMILES string of the molecule is CN(CCc1cnn(C)c1)S(=O)(=O)c1ccc(-c2cccc(N)c2)s1. The highest BCUT2D eigenvalue weighted by Gasteiger charge is 2.23. The van der Waals surface area contributed by atoms with Crippen molar-refractivity contribution in [2.24, 2.45) is 7.05 Å². The van der Waals surface area contributed by atoms with Crippen LogP contribution < -0.4 is 5.73 Å². The van der Waals surface area contributed by atoms with Gasteiger partial charge in [0, 0.05) is 37.4 Å². The molecule has 0 amide bonds. The Kier molecular flexibility index (Phi) is 4.94. The fraction of sp³-hybridized carbons (Fsp3) is 0.235. The first-order chi connectivity index (χ1) is 11.9. The quantitative estimate of drug-likeness (QED) is 0.671. The van der Waals surface area contributed by atoms with E-state index in [-0.39, 0.29) is 0 Å². The summed E-state index contributed by atoms with van der Waals surface area (Å²) in [4.78, 5) is 0.881. The Morgan fingerprint density at radius 3 is 2.76 bits per heavy atom. The molecule has 25 heavy (non-hydrogen) atoms. The van der Waals surface area contributed by atoms with Crippen molar-refractivity contribution >= 4 is 27.0 Å². The molecule has 0 saturated carbocycles. The van der Waals surface area contributed by atoms with Crippen LogP contribution in [0.3, 0.4) is 0 Å². The van der Waals surface area contributed by atoms with Crippen LogP contribution >= 0.6 is 11.3 Å². The molecule has 2 N–H and O–H groups in total. The Morgan fingerprint density at radius 1 is 1.28 bits per heavy atom. The van der Waals surface area contributed by atoms with E-state index in [1.165, 1.54) is 15.6 Å². The van der Waals surface area contributed by atoms with E-state index in [1.54, 1.807) is 30.1 Å². The summed E-state index contributed by atoms with van der Waals surface area (Å²) in [6, 6.07) is 10.9. The van der Waals surface area contributed by atoms with Gasteiger partial charge in [-0.05, 0) is 41.8 Å². The van der Waals surface area contributed by atoms with Crippen LogP contribution in [-0.2, 0) is 23.5 Å². The molecule has 0 saturated heterocycles. The molecule has 2 heterocycles. The summed E-state index contributed by atoms with van der Waals surface area (Å²) in [6.45, 7) is 0.402. The predicted molar refractivity (Wildman–Crippen MR) is 101 cm³/mol. The molecule has 6 nitrogen and oxygen atoms in total. The van der Waals surface area contributed by atoms with E-state index < -0.39 is 10.0 Å². The third kappa shape index (κ3) is 3.92. The lowest BCUT2D eigenvalue weighted by Crippen LogP contribution is -2.28. The summed E-state index contributed by atoms with van der Waals surface area (Å²) >= 11 is 1.25. The second kappa shape index (κ2) is 6.99. The van der Waals surface area contributed by atoms with Crippen LogP contribution in [0.1, 0.15) is 5.56 Å². The summed E-state index contributed by atoms with van der Waals surface area (Å²) in [5.74, 6) is 0. The number of anilines is 1. The summed E-state index contributed by atoms with van der Waals surface area (Å²) in [7, 11) is -0.0627. The van der Waals surface area contributed by atoms with E-state index in [0.717, 1.165) is 16.0 Å². The first-order valence-corrected chi connectivity index (χ1v) is 10.0. The lowest BCUT2D eigenvalue weighted by atomic mass is 10.2. The minimum absolute atomic E-state index is 0.332. The smallest absolute Gasteiger partial charge is 0.252 e. The highest BCUT2D eigenvalue weighted by atomic mass is 32.2. The summed E-state index contributed by atoms with van der Waals surface area (Å²) in [5.41, 5.74) is 8.39. The molecule has 0 bridgehead atoms. The minimum Gasteiger partial charge on any atom is -0.399 e. The van der Waals surface area contributed by atoms with Crippen LogP contribution in [0.25, 0.3) is 10.4 Å². The van der Waals surface area contributed by atoms with Crippen LogP contribution in [0.5, 0.6) is 0 Å². The van der Waals surface area contributed by atoms with E-state index in [4.69, 9.17) is 5.73 Å². The molecule has 0 aliphatic carbocycles. The number of nitrogen functional groups attached to an aromatic ring is 1. The molecular weight excluding hydrogens is 356 g/mol. The topological polar surface area (TPSA) is 81.2 Å². The van der Waals surface area contributed by atoms with Crippen LogP contribution in [0.15, 0.2) is 53.0 Å². The third-order valence-electron chi connectivity index (χ3n) is 3.89. The molecule has 0 fully saturated rings. The molecule has 3 aromatic rings. The molecule has 3 rings (SSSR count). The number of benzene rings is 1. The van der Waals surface area contributed by atoms with Gasteiger partial charge in [0.15, 0.2) is 0 Å². The Labute approximate surface area is 151 Å². The van der Waals surface area contributed by atoms with Crippen molar-refractivity contribution < 1.29 is 8.42 Å².